The van der Waals surface area contributed by atoms with E-state index in [9.17, 15) is 4.79 Å². The first kappa shape index (κ1) is 17.0. The van der Waals surface area contributed by atoms with Gasteiger partial charge in [-0.2, -0.15) is 5.10 Å². The van der Waals surface area contributed by atoms with E-state index in [2.05, 4.69) is 55.3 Å². The van der Waals surface area contributed by atoms with E-state index in [1.54, 1.807) is 0 Å². The van der Waals surface area contributed by atoms with Crippen molar-refractivity contribution in [2.24, 2.45) is 0 Å². The van der Waals surface area contributed by atoms with Gasteiger partial charge in [-0.15, -0.1) is 0 Å². The summed E-state index contributed by atoms with van der Waals surface area (Å²) >= 11 is 0. The smallest absolute Gasteiger partial charge is 0.358 e. The summed E-state index contributed by atoms with van der Waals surface area (Å²) in [5.74, 6) is -0.413. The molecule has 1 unspecified atom stereocenters. The average molecular weight is 334 g/mol. The van der Waals surface area contributed by atoms with E-state index < -0.39 is 5.97 Å². The van der Waals surface area contributed by atoms with Crippen molar-refractivity contribution >= 4 is 5.97 Å². The number of esters is 1. The van der Waals surface area contributed by atoms with Crippen molar-refractivity contribution in [3.8, 4) is 0 Å². The molecule has 2 aromatic carbocycles. The first-order valence-corrected chi connectivity index (χ1v) is 8.35. The number of carbonyl (C=O) groups excluding carboxylic acids is 1. The van der Waals surface area contributed by atoms with E-state index in [4.69, 9.17) is 4.74 Å². The number of rotatable bonds is 5. The van der Waals surface area contributed by atoms with E-state index in [0.717, 1.165) is 11.3 Å². The topological polar surface area (TPSA) is 44.1 Å². The molecule has 0 aliphatic heterocycles. The van der Waals surface area contributed by atoms with E-state index in [1.165, 1.54) is 18.2 Å². The maximum atomic E-state index is 11.9. The van der Waals surface area contributed by atoms with Gasteiger partial charge in [0.15, 0.2) is 5.69 Å². The Balaban J connectivity index is 1.98. The summed E-state index contributed by atoms with van der Waals surface area (Å²) in [7, 11) is 1.38. The highest BCUT2D eigenvalue weighted by Gasteiger charge is 2.19. The van der Waals surface area contributed by atoms with Crippen molar-refractivity contribution in [3.05, 3.63) is 88.7 Å². The predicted molar refractivity (Wildman–Crippen MR) is 97.8 cm³/mol. The standard InChI is InChI=1S/C21H22N2O2/c1-15-9-11-17(12-10-15)13-19-14-20(21(24)25-3)22-23(19)16(2)18-7-5-4-6-8-18/h4-12,14,16H,13H2,1-3H3. The molecule has 3 aromatic rings. The molecule has 4 nitrogen and oxygen atoms in total. The van der Waals surface area contributed by atoms with Gasteiger partial charge in [-0.1, -0.05) is 60.2 Å². The van der Waals surface area contributed by atoms with Crippen LogP contribution in [0.15, 0.2) is 60.7 Å². The molecular formula is C21H22N2O2. The molecule has 128 valence electrons. The van der Waals surface area contributed by atoms with Crippen LogP contribution in [-0.4, -0.2) is 22.9 Å². The average Bonchev–Trinajstić information content (AvgIpc) is 3.07. The van der Waals surface area contributed by atoms with E-state index in [1.807, 2.05) is 28.9 Å². The third-order valence-electron chi connectivity index (χ3n) is 4.36. The van der Waals surface area contributed by atoms with Gasteiger partial charge in [-0.3, -0.25) is 4.68 Å². The van der Waals surface area contributed by atoms with E-state index in [0.29, 0.717) is 12.1 Å². The second kappa shape index (κ2) is 7.34. The van der Waals surface area contributed by atoms with Gasteiger partial charge >= 0.3 is 5.97 Å². The largest absolute Gasteiger partial charge is 0.464 e. The van der Waals surface area contributed by atoms with Crippen LogP contribution >= 0.6 is 0 Å². The Hall–Kier alpha value is -2.88. The Morgan fingerprint density at radius 3 is 2.44 bits per heavy atom. The Morgan fingerprint density at radius 1 is 1.12 bits per heavy atom. The monoisotopic (exact) mass is 334 g/mol. The highest BCUT2D eigenvalue weighted by molar-refractivity contribution is 5.87. The van der Waals surface area contributed by atoms with Gasteiger partial charge in [-0.25, -0.2) is 4.79 Å². The Morgan fingerprint density at radius 2 is 1.80 bits per heavy atom. The Labute approximate surface area is 148 Å². The van der Waals surface area contributed by atoms with Crippen LogP contribution in [0, 0.1) is 6.92 Å². The fourth-order valence-corrected chi connectivity index (χ4v) is 2.89. The van der Waals surface area contributed by atoms with Gasteiger partial charge in [0.25, 0.3) is 0 Å². The molecule has 0 radical (unpaired) electrons. The summed E-state index contributed by atoms with van der Waals surface area (Å²) in [6.07, 6.45) is 0.710. The first-order valence-electron chi connectivity index (χ1n) is 8.35. The number of methoxy groups -OCH3 is 1. The molecule has 0 spiro atoms. The van der Waals surface area contributed by atoms with Crippen LogP contribution in [0.2, 0.25) is 0 Å². The van der Waals surface area contributed by atoms with Crippen LogP contribution in [0.4, 0.5) is 0 Å². The third kappa shape index (κ3) is 3.79. The second-order valence-electron chi connectivity index (χ2n) is 6.21. The predicted octanol–water partition coefficient (Wildman–Crippen LogP) is 4.18. The minimum atomic E-state index is -0.413. The van der Waals surface area contributed by atoms with Crippen molar-refractivity contribution in [2.45, 2.75) is 26.3 Å². The zero-order chi connectivity index (χ0) is 17.8. The molecule has 1 heterocycles. The lowest BCUT2D eigenvalue weighted by molar-refractivity contribution is 0.0593. The molecule has 3 rings (SSSR count). The molecule has 0 saturated heterocycles. The number of carbonyl (C=O) groups is 1. The van der Waals surface area contributed by atoms with Gasteiger partial charge in [0.05, 0.1) is 13.2 Å². The molecule has 25 heavy (non-hydrogen) atoms. The summed E-state index contributed by atoms with van der Waals surface area (Å²) in [4.78, 5) is 11.9. The molecule has 0 amide bonds. The number of benzene rings is 2. The maximum absolute atomic E-state index is 11.9. The van der Waals surface area contributed by atoms with Crippen molar-refractivity contribution in [1.82, 2.24) is 9.78 Å². The summed E-state index contributed by atoms with van der Waals surface area (Å²) in [5, 5.41) is 4.51. The summed E-state index contributed by atoms with van der Waals surface area (Å²) in [6.45, 7) is 4.16. The third-order valence-corrected chi connectivity index (χ3v) is 4.36. The summed E-state index contributed by atoms with van der Waals surface area (Å²) < 4.78 is 6.76. The molecule has 0 aliphatic carbocycles. The fraction of sp³-hybridized carbons (Fsp3) is 0.238. The number of ether oxygens (including phenoxy) is 1. The van der Waals surface area contributed by atoms with Gasteiger partial charge in [0, 0.05) is 12.1 Å². The highest BCUT2D eigenvalue weighted by Crippen LogP contribution is 2.22. The van der Waals surface area contributed by atoms with Crippen LogP contribution in [0.1, 0.15) is 45.8 Å². The molecule has 0 saturated carbocycles. The van der Waals surface area contributed by atoms with Crippen molar-refractivity contribution in [2.75, 3.05) is 7.11 Å². The van der Waals surface area contributed by atoms with Crippen LogP contribution in [0.3, 0.4) is 0 Å². The van der Waals surface area contributed by atoms with Crippen LogP contribution in [-0.2, 0) is 11.2 Å². The lowest BCUT2D eigenvalue weighted by Crippen LogP contribution is -2.13. The van der Waals surface area contributed by atoms with Crippen LogP contribution in [0.25, 0.3) is 0 Å². The van der Waals surface area contributed by atoms with Gasteiger partial charge < -0.3 is 4.74 Å². The SMILES string of the molecule is COC(=O)c1cc(Cc2ccc(C)cc2)n(C(C)c2ccccc2)n1. The molecule has 0 aliphatic rings. The van der Waals surface area contributed by atoms with Crippen molar-refractivity contribution < 1.29 is 9.53 Å². The number of hydrogen-bond acceptors (Lipinski definition) is 3. The Bertz CT molecular complexity index is 851. The first-order chi connectivity index (χ1) is 12.1. The summed E-state index contributed by atoms with van der Waals surface area (Å²) in [6, 6.07) is 20.4. The van der Waals surface area contributed by atoms with Gasteiger partial charge in [0.1, 0.15) is 0 Å². The van der Waals surface area contributed by atoms with Crippen LogP contribution in [0.5, 0.6) is 0 Å². The normalized spacial score (nSPS) is 12.0. The highest BCUT2D eigenvalue weighted by atomic mass is 16.5. The quantitative estimate of drug-likeness (QED) is 0.658. The molecule has 0 fully saturated rings. The van der Waals surface area contributed by atoms with Crippen LogP contribution < -0.4 is 0 Å². The minimum Gasteiger partial charge on any atom is -0.464 e. The lowest BCUT2D eigenvalue weighted by atomic mass is 10.1. The number of hydrogen-bond donors (Lipinski definition) is 0. The minimum absolute atomic E-state index is 0.0278. The van der Waals surface area contributed by atoms with E-state index >= 15 is 0 Å². The number of nitrogens with zero attached hydrogens (tertiary/aromatic N) is 2. The molecular weight excluding hydrogens is 312 g/mol. The number of aromatic nitrogens is 2. The number of aryl methyl sites for hydroxylation is 1. The van der Waals surface area contributed by atoms with Gasteiger partial charge in [0.2, 0.25) is 0 Å². The lowest BCUT2D eigenvalue weighted by Gasteiger charge is -2.16. The molecule has 1 atom stereocenters. The Kier molecular flexibility index (Phi) is 4.98. The molecule has 0 N–H and O–H groups in total. The van der Waals surface area contributed by atoms with Gasteiger partial charge in [-0.05, 0) is 31.0 Å². The summed E-state index contributed by atoms with van der Waals surface area (Å²) in [5.41, 5.74) is 4.88. The molecule has 0 bridgehead atoms. The molecule has 4 heteroatoms. The fourth-order valence-electron chi connectivity index (χ4n) is 2.89. The van der Waals surface area contributed by atoms with E-state index in [-0.39, 0.29) is 6.04 Å². The van der Waals surface area contributed by atoms with Crippen molar-refractivity contribution in [3.63, 3.8) is 0 Å². The zero-order valence-corrected chi connectivity index (χ0v) is 14.8. The second-order valence-corrected chi connectivity index (χ2v) is 6.21. The maximum Gasteiger partial charge on any atom is 0.358 e. The zero-order valence-electron chi connectivity index (χ0n) is 14.8. The molecule has 1 aromatic heterocycles. The van der Waals surface area contributed by atoms with Crippen molar-refractivity contribution in [1.29, 1.82) is 0 Å².